The zero-order chi connectivity index (χ0) is 7.61. The fraction of sp³-hybridized carbons (Fsp3) is 0.429. The zero-order valence-corrected chi connectivity index (χ0v) is 6.86. The van der Waals surface area contributed by atoms with Crippen LogP contribution in [-0.2, 0) is 0 Å². The molecule has 56 valence electrons. The van der Waals surface area contributed by atoms with Gasteiger partial charge in [0.05, 0.1) is 11.5 Å². The van der Waals surface area contributed by atoms with Crippen molar-refractivity contribution in [1.29, 1.82) is 0 Å². The Balaban J connectivity index is 2.67. The van der Waals surface area contributed by atoms with Crippen molar-refractivity contribution in [2.75, 3.05) is 6.61 Å². The van der Waals surface area contributed by atoms with E-state index >= 15 is 0 Å². The second-order valence-electron chi connectivity index (χ2n) is 2.32. The second-order valence-corrected chi connectivity index (χ2v) is 3.51. The predicted molar refractivity (Wildman–Crippen MR) is 43.4 cm³/mol. The molecule has 3 heteroatoms. The van der Waals surface area contributed by atoms with Crippen LogP contribution in [0.4, 0.5) is 0 Å². The molecule has 1 unspecified atom stereocenters. The van der Waals surface area contributed by atoms with E-state index in [1.807, 2.05) is 0 Å². The Morgan fingerprint density at radius 3 is 2.80 bits per heavy atom. The molecule has 0 radical (unpaired) electrons. The van der Waals surface area contributed by atoms with Crippen molar-refractivity contribution in [3.05, 3.63) is 23.3 Å². The van der Waals surface area contributed by atoms with Gasteiger partial charge in [0.1, 0.15) is 0 Å². The summed E-state index contributed by atoms with van der Waals surface area (Å²) < 4.78 is 0. The first-order valence-corrected chi connectivity index (χ1v) is 3.76. The number of alkyl halides is 1. The van der Waals surface area contributed by atoms with Crippen LogP contribution in [0, 0.1) is 0 Å². The zero-order valence-electron chi connectivity index (χ0n) is 5.35. The fourth-order valence-electron chi connectivity index (χ4n) is 0.749. The highest BCUT2D eigenvalue weighted by Gasteiger charge is 2.23. The summed E-state index contributed by atoms with van der Waals surface area (Å²) >= 11 is 11.5. The highest BCUT2D eigenvalue weighted by atomic mass is 35.5. The summed E-state index contributed by atoms with van der Waals surface area (Å²) in [5.41, 5.74) is 0. The van der Waals surface area contributed by atoms with Crippen LogP contribution in [0.3, 0.4) is 0 Å². The molecular formula is C7H8Cl2O. The molecule has 0 saturated carbocycles. The normalized spacial score (nSPS) is 32.1. The van der Waals surface area contributed by atoms with Crippen molar-refractivity contribution in [2.45, 2.75) is 11.3 Å². The molecule has 10 heavy (non-hydrogen) atoms. The Bertz CT molecular complexity index is 186. The van der Waals surface area contributed by atoms with E-state index in [-0.39, 0.29) is 6.61 Å². The van der Waals surface area contributed by atoms with E-state index in [9.17, 15) is 0 Å². The van der Waals surface area contributed by atoms with Crippen LogP contribution in [-0.4, -0.2) is 16.6 Å². The van der Waals surface area contributed by atoms with Gasteiger partial charge >= 0.3 is 0 Å². The van der Waals surface area contributed by atoms with Crippen molar-refractivity contribution >= 4 is 23.2 Å². The summed E-state index contributed by atoms with van der Waals surface area (Å²) in [4.78, 5) is -0.613. The maximum absolute atomic E-state index is 8.78. The number of aliphatic hydroxyl groups excluding tert-OH is 1. The molecule has 0 aliphatic heterocycles. The lowest BCUT2D eigenvalue weighted by molar-refractivity contribution is 0.266. The average Bonchev–Trinajstić information content (AvgIpc) is 1.96. The van der Waals surface area contributed by atoms with Gasteiger partial charge in [-0.2, -0.15) is 0 Å². The van der Waals surface area contributed by atoms with Gasteiger partial charge in [0.2, 0.25) is 0 Å². The monoisotopic (exact) mass is 178 g/mol. The van der Waals surface area contributed by atoms with Crippen molar-refractivity contribution in [1.82, 2.24) is 0 Å². The lowest BCUT2D eigenvalue weighted by atomic mass is 10.0. The SMILES string of the molecule is OCC1(Cl)C=CC(Cl)=CC1. The number of hydrogen-bond donors (Lipinski definition) is 1. The van der Waals surface area contributed by atoms with Crippen LogP contribution in [0.1, 0.15) is 6.42 Å². The van der Waals surface area contributed by atoms with Crippen LogP contribution in [0.5, 0.6) is 0 Å². The van der Waals surface area contributed by atoms with Crippen molar-refractivity contribution in [3.63, 3.8) is 0 Å². The first-order valence-electron chi connectivity index (χ1n) is 3.01. The molecule has 1 aliphatic rings. The lowest BCUT2D eigenvalue weighted by Crippen LogP contribution is -2.23. The van der Waals surface area contributed by atoms with Crippen LogP contribution in [0.2, 0.25) is 0 Å². The van der Waals surface area contributed by atoms with Crippen molar-refractivity contribution in [3.8, 4) is 0 Å². The van der Waals surface area contributed by atoms with Crippen LogP contribution < -0.4 is 0 Å². The molecule has 1 rings (SSSR count). The van der Waals surface area contributed by atoms with E-state index in [2.05, 4.69) is 0 Å². The van der Waals surface area contributed by atoms with Gasteiger partial charge in [-0.1, -0.05) is 23.8 Å². The third-order valence-corrected chi connectivity index (χ3v) is 2.12. The molecule has 0 amide bonds. The van der Waals surface area contributed by atoms with Gasteiger partial charge in [0, 0.05) is 5.03 Å². The van der Waals surface area contributed by atoms with Gasteiger partial charge in [-0.25, -0.2) is 0 Å². The van der Waals surface area contributed by atoms with Crippen LogP contribution >= 0.6 is 23.2 Å². The molecule has 1 atom stereocenters. The first-order chi connectivity index (χ1) is 4.66. The minimum Gasteiger partial charge on any atom is -0.394 e. The Kier molecular flexibility index (Phi) is 2.40. The van der Waals surface area contributed by atoms with Crippen molar-refractivity contribution in [2.24, 2.45) is 0 Å². The number of allylic oxidation sites excluding steroid dienone is 3. The van der Waals surface area contributed by atoms with Gasteiger partial charge < -0.3 is 5.11 Å². The molecule has 0 aromatic heterocycles. The van der Waals surface area contributed by atoms with E-state index in [0.29, 0.717) is 11.5 Å². The number of rotatable bonds is 1. The number of aliphatic hydroxyl groups is 1. The Morgan fingerprint density at radius 2 is 2.40 bits per heavy atom. The summed E-state index contributed by atoms with van der Waals surface area (Å²) in [6, 6.07) is 0. The number of halogens is 2. The maximum Gasteiger partial charge on any atom is 0.0894 e. The molecule has 0 heterocycles. The third-order valence-electron chi connectivity index (χ3n) is 1.44. The molecular weight excluding hydrogens is 171 g/mol. The van der Waals surface area contributed by atoms with Crippen LogP contribution in [0.15, 0.2) is 23.3 Å². The van der Waals surface area contributed by atoms with Gasteiger partial charge in [-0.05, 0) is 12.5 Å². The highest BCUT2D eigenvalue weighted by Crippen LogP contribution is 2.28. The summed E-state index contributed by atoms with van der Waals surface area (Å²) in [5.74, 6) is 0. The number of hydrogen-bond acceptors (Lipinski definition) is 1. The molecule has 0 aromatic rings. The second kappa shape index (κ2) is 2.95. The van der Waals surface area contributed by atoms with Gasteiger partial charge in [-0.15, -0.1) is 11.6 Å². The molecule has 0 saturated heterocycles. The highest BCUT2D eigenvalue weighted by molar-refractivity contribution is 6.32. The molecule has 1 nitrogen and oxygen atoms in total. The summed E-state index contributed by atoms with van der Waals surface area (Å²) in [6.45, 7) is -0.0499. The van der Waals surface area contributed by atoms with E-state index in [1.165, 1.54) is 0 Å². The standard InChI is InChI=1S/C7H8Cl2O/c8-6-1-3-7(9,5-10)4-2-6/h1-3,10H,4-5H2. The minimum atomic E-state index is -0.613. The molecule has 0 spiro atoms. The van der Waals surface area contributed by atoms with Crippen LogP contribution in [0.25, 0.3) is 0 Å². The Hall–Kier alpha value is 0.0200. The van der Waals surface area contributed by atoms with Gasteiger partial charge in [-0.3, -0.25) is 0 Å². The fourth-order valence-corrected chi connectivity index (χ4v) is 1.03. The van der Waals surface area contributed by atoms with Crippen molar-refractivity contribution < 1.29 is 5.11 Å². The predicted octanol–water partition coefficient (Wildman–Crippen LogP) is 2.04. The van der Waals surface area contributed by atoms with E-state index in [0.717, 1.165) is 0 Å². The molecule has 1 N–H and O–H groups in total. The smallest absolute Gasteiger partial charge is 0.0894 e. The first kappa shape index (κ1) is 8.12. The topological polar surface area (TPSA) is 20.2 Å². The van der Waals surface area contributed by atoms with E-state index in [4.69, 9.17) is 28.3 Å². The third kappa shape index (κ3) is 1.75. The maximum atomic E-state index is 8.78. The Labute approximate surface area is 69.9 Å². The molecule has 0 fully saturated rings. The Morgan fingerprint density at radius 1 is 1.70 bits per heavy atom. The lowest BCUT2D eigenvalue weighted by Gasteiger charge is -2.20. The quantitative estimate of drug-likeness (QED) is 0.610. The van der Waals surface area contributed by atoms with Gasteiger partial charge in [0.25, 0.3) is 0 Å². The molecule has 0 bridgehead atoms. The average molecular weight is 179 g/mol. The van der Waals surface area contributed by atoms with E-state index < -0.39 is 4.87 Å². The largest absolute Gasteiger partial charge is 0.394 e. The summed E-state index contributed by atoms with van der Waals surface area (Å²) in [5, 5.41) is 9.47. The summed E-state index contributed by atoms with van der Waals surface area (Å²) in [6.07, 6.45) is 5.82. The summed E-state index contributed by atoms with van der Waals surface area (Å²) in [7, 11) is 0. The van der Waals surface area contributed by atoms with Gasteiger partial charge in [0.15, 0.2) is 0 Å². The van der Waals surface area contributed by atoms with E-state index in [1.54, 1.807) is 18.2 Å². The molecule has 1 aliphatic carbocycles. The minimum absolute atomic E-state index is 0.0499. The molecule has 0 aromatic carbocycles.